The predicted molar refractivity (Wildman–Crippen MR) is 74.3 cm³/mol. The normalized spacial score (nSPS) is 14.7. The molecule has 0 unspecified atom stereocenters. The van der Waals surface area contributed by atoms with Crippen LogP contribution in [0.1, 0.15) is 39.3 Å². The number of Topliss-reactive ketones (excluding diaryl/α,β-unsaturated/α-hetero) is 1. The second-order valence-electron chi connectivity index (χ2n) is 4.94. The molecule has 2 nitrogen and oxygen atoms in total. The van der Waals surface area contributed by atoms with E-state index in [0.29, 0.717) is 6.42 Å². The van der Waals surface area contributed by atoms with Crippen LogP contribution in [0.5, 0.6) is 0 Å². The number of aryl methyl sites for hydroxylation is 3. The van der Waals surface area contributed by atoms with Gasteiger partial charge in [0.15, 0.2) is 5.78 Å². The van der Waals surface area contributed by atoms with Crippen molar-refractivity contribution in [3.63, 3.8) is 0 Å². The van der Waals surface area contributed by atoms with Crippen molar-refractivity contribution >= 4 is 17.1 Å². The molecule has 0 spiro atoms. The van der Waals surface area contributed by atoms with E-state index < -0.39 is 0 Å². The van der Waals surface area contributed by atoms with Gasteiger partial charge in [0.2, 0.25) is 0 Å². The molecule has 1 aromatic carbocycles. The summed E-state index contributed by atoms with van der Waals surface area (Å²) in [6.45, 7) is 4.18. The molecular formula is C15H15NOS. The van der Waals surface area contributed by atoms with E-state index in [0.717, 1.165) is 29.1 Å². The van der Waals surface area contributed by atoms with Gasteiger partial charge in [-0.25, -0.2) is 4.98 Å². The summed E-state index contributed by atoms with van der Waals surface area (Å²) in [5.74, 6) is 0.211. The molecule has 2 aromatic rings. The van der Waals surface area contributed by atoms with Crippen LogP contribution < -0.4 is 0 Å². The van der Waals surface area contributed by atoms with E-state index in [1.54, 1.807) is 11.3 Å². The summed E-state index contributed by atoms with van der Waals surface area (Å²) in [7, 11) is 0. The Kier molecular flexibility index (Phi) is 2.78. The third-order valence-electron chi connectivity index (χ3n) is 3.24. The number of rotatable bonds is 1. The van der Waals surface area contributed by atoms with Gasteiger partial charge in [0.25, 0.3) is 0 Å². The molecule has 3 heteroatoms. The lowest BCUT2D eigenvalue weighted by Gasteiger charge is -2.06. The third-order valence-corrected chi connectivity index (χ3v) is 4.40. The molecule has 0 atom stereocenters. The predicted octanol–water partition coefficient (Wildman–Crippen LogP) is 3.95. The molecule has 1 aliphatic carbocycles. The van der Waals surface area contributed by atoms with Crippen molar-refractivity contribution in [1.29, 1.82) is 0 Å². The van der Waals surface area contributed by atoms with Crippen LogP contribution in [0.15, 0.2) is 18.2 Å². The van der Waals surface area contributed by atoms with Crippen molar-refractivity contribution in [2.45, 2.75) is 33.1 Å². The topological polar surface area (TPSA) is 30.0 Å². The molecule has 0 amide bonds. The minimum absolute atomic E-state index is 0.211. The fraction of sp³-hybridized carbons (Fsp3) is 0.333. The van der Waals surface area contributed by atoms with Crippen molar-refractivity contribution in [1.82, 2.24) is 4.98 Å². The molecule has 0 radical (unpaired) electrons. The summed E-state index contributed by atoms with van der Waals surface area (Å²) in [6, 6.07) is 6.44. The first-order chi connectivity index (χ1) is 8.63. The molecule has 18 heavy (non-hydrogen) atoms. The summed E-state index contributed by atoms with van der Waals surface area (Å²) in [5.41, 5.74) is 4.34. The first-order valence-corrected chi connectivity index (χ1v) is 7.07. The van der Waals surface area contributed by atoms with Crippen LogP contribution in [-0.2, 0) is 6.42 Å². The zero-order valence-corrected chi connectivity index (χ0v) is 11.4. The largest absolute Gasteiger partial charge is 0.292 e. The lowest BCUT2D eigenvalue weighted by Crippen LogP contribution is -2.08. The van der Waals surface area contributed by atoms with Gasteiger partial charge in [-0.3, -0.25) is 4.79 Å². The number of carbonyl (C=O) groups excluding carboxylic acids is 1. The van der Waals surface area contributed by atoms with Crippen molar-refractivity contribution in [3.8, 4) is 10.6 Å². The number of carbonyl (C=O) groups is 1. The average Bonchev–Trinajstić information content (AvgIpc) is 2.73. The second kappa shape index (κ2) is 4.32. The van der Waals surface area contributed by atoms with Crippen molar-refractivity contribution in [2.75, 3.05) is 0 Å². The van der Waals surface area contributed by atoms with Crippen LogP contribution in [0.4, 0.5) is 0 Å². The molecule has 0 fully saturated rings. The second-order valence-corrected chi connectivity index (χ2v) is 6.03. The number of hydrogen-bond acceptors (Lipinski definition) is 3. The summed E-state index contributed by atoms with van der Waals surface area (Å²) >= 11 is 1.68. The maximum absolute atomic E-state index is 11.8. The van der Waals surface area contributed by atoms with E-state index >= 15 is 0 Å². The van der Waals surface area contributed by atoms with Crippen LogP contribution in [0.3, 0.4) is 0 Å². The van der Waals surface area contributed by atoms with Gasteiger partial charge >= 0.3 is 0 Å². The van der Waals surface area contributed by atoms with Crippen molar-refractivity contribution in [2.24, 2.45) is 0 Å². The SMILES string of the molecule is Cc1cc(C)cc(-c2nc3c(s2)CCCC3=O)c1. The van der Waals surface area contributed by atoms with Crippen LogP contribution in [0.25, 0.3) is 10.6 Å². The minimum Gasteiger partial charge on any atom is -0.292 e. The number of aromatic nitrogens is 1. The van der Waals surface area contributed by atoms with Crippen LogP contribution in [0, 0.1) is 13.8 Å². The highest BCUT2D eigenvalue weighted by Crippen LogP contribution is 2.33. The van der Waals surface area contributed by atoms with Gasteiger partial charge in [0.1, 0.15) is 10.7 Å². The molecule has 0 bridgehead atoms. The lowest BCUT2D eigenvalue weighted by molar-refractivity contribution is 0.0968. The molecule has 1 heterocycles. The molecule has 0 saturated heterocycles. The molecule has 0 N–H and O–H groups in total. The number of ketones is 1. The Morgan fingerprint density at radius 3 is 2.50 bits per heavy atom. The Balaban J connectivity index is 2.10. The summed E-state index contributed by atoms with van der Waals surface area (Å²) in [4.78, 5) is 17.5. The molecule has 0 saturated carbocycles. The fourth-order valence-electron chi connectivity index (χ4n) is 2.49. The lowest BCUT2D eigenvalue weighted by atomic mass is 10.0. The summed E-state index contributed by atoms with van der Waals surface area (Å²) in [6.07, 6.45) is 2.63. The van der Waals surface area contributed by atoms with E-state index in [1.807, 2.05) is 0 Å². The van der Waals surface area contributed by atoms with Gasteiger partial charge in [0, 0.05) is 16.9 Å². The van der Waals surface area contributed by atoms with Gasteiger partial charge in [-0.15, -0.1) is 11.3 Å². The summed E-state index contributed by atoms with van der Waals surface area (Å²) < 4.78 is 0. The standard InChI is InChI=1S/C15H15NOS/c1-9-6-10(2)8-11(7-9)15-16-14-12(17)4-3-5-13(14)18-15/h6-8H,3-5H2,1-2H3. The Morgan fingerprint density at radius 1 is 1.11 bits per heavy atom. The van der Waals surface area contributed by atoms with E-state index in [-0.39, 0.29) is 5.78 Å². The Hall–Kier alpha value is -1.48. The maximum Gasteiger partial charge on any atom is 0.182 e. The monoisotopic (exact) mass is 257 g/mol. The van der Waals surface area contributed by atoms with Crippen LogP contribution >= 0.6 is 11.3 Å². The van der Waals surface area contributed by atoms with Gasteiger partial charge in [-0.1, -0.05) is 17.2 Å². The Bertz CT molecular complexity index is 607. The van der Waals surface area contributed by atoms with Crippen LogP contribution in [0.2, 0.25) is 0 Å². The van der Waals surface area contributed by atoms with Gasteiger partial charge in [-0.05, 0) is 38.8 Å². The third kappa shape index (κ3) is 1.99. The van der Waals surface area contributed by atoms with E-state index in [4.69, 9.17) is 0 Å². The number of hydrogen-bond donors (Lipinski definition) is 0. The first-order valence-electron chi connectivity index (χ1n) is 6.25. The molecule has 92 valence electrons. The van der Waals surface area contributed by atoms with Crippen molar-refractivity contribution < 1.29 is 4.79 Å². The highest BCUT2D eigenvalue weighted by atomic mass is 32.1. The highest BCUT2D eigenvalue weighted by molar-refractivity contribution is 7.15. The molecule has 3 rings (SSSR count). The summed E-state index contributed by atoms with van der Waals surface area (Å²) in [5, 5.41) is 0.988. The molecular weight excluding hydrogens is 242 g/mol. The zero-order chi connectivity index (χ0) is 12.7. The van der Waals surface area contributed by atoms with E-state index in [9.17, 15) is 4.79 Å². The number of fused-ring (bicyclic) bond motifs is 1. The van der Waals surface area contributed by atoms with Crippen LogP contribution in [-0.4, -0.2) is 10.8 Å². The number of nitrogens with zero attached hydrogens (tertiary/aromatic N) is 1. The van der Waals surface area contributed by atoms with Crippen molar-refractivity contribution in [3.05, 3.63) is 39.9 Å². The highest BCUT2D eigenvalue weighted by Gasteiger charge is 2.22. The fourth-order valence-corrected chi connectivity index (χ4v) is 3.60. The Labute approximate surface area is 111 Å². The molecule has 1 aliphatic rings. The zero-order valence-electron chi connectivity index (χ0n) is 10.6. The minimum atomic E-state index is 0.211. The Morgan fingerprint density at radius 2 is 1.83 bits per heavy atom. The van der Waals surface area contributed by atoms with Gasteiger partial charge in [0.05, 0.1) is 0 Å². The maximum atomic E-state index is 11.8. The van der Waals surface area contributed by atoms with Gasteiger partial charge < -0.3 is 0 Å². The average molecular weight is 257 g/mol. The van der Waals surface area contributed by atoms with E-state index in [1.165, 1.54) is 16.0 Å². The number of benzene rings is 1. The number of thiazole rings is 1. The molecule has 0 aliphatic heterocycles. The molecule has 1 aromatic heterocycles. The van der Waals surface area contributed by atoms with Gasteiger partial charge in [-0.2, -0.15) is 0 Å². The van der Waals surface area contributed by atoms with E-state index in [2.05, 4.69) is 37.0 Å². The first kappa shape index (κ1) is 11.6. The quantitative estimate of drug-likeness (QED) is 0.774. The smallest absolute Gasteiger partial charge is 0.182 e.